The van der Waals surface area contributed by atoms with Crippen molar-refractivity contribution in [3.8, 4) is 0 Å². The lowest BCUT2D eigenvalue weighted by Gasteiger charge is -2.20. The summed E-state index contributed by atoms with van der Waals surface area (Å²) in [5.41, 5.74) is 1.07. The summed E-state index contributed by atoms with van der Waals surface area (Å²) in [6.45, 7) is 0. The normalized spacial score (nSPS) is 10.4. The van der Waals surface area contributed by atoms with Gasteiger partial charge in [-0.15, -0.1) is 0 Å². The van der Waals surface area contributed by atoms with E-state index in [4.69, 9.17) is 0 Å². The zero-order chi connectivity index (χ0) is 17.8. The molecule has 0 atom stereocenters. The maximum absolute atomic E-state index is 14.2. The molecule has 126 valence electrons. The number of benzene rings is 1. The topological polar surface area (TPSA) is 71.0 Å². The number of nitrogens with one attached hydrogen (secondary N) is 1. The van der Waals surface area contributed by atoms with Gasteiger partial charge in [0, 0.05) is 25.0 Å². The molecule has 0 aliphatic rings. The Labute approximate surface area is 142 Å². The molecule has 0 saturated heterocycles. The predicted octanol–water partition coefficient (Wildman–Crippen LogP) is 3.17. The molecule has 0 bridgehead atoms. The lowest BCUT2D eigenvalue weighted by atomic mass is 10.2. The largest absolute Gasteiger partial charge is 0.340 e. The van der Waals surface area contributed by atoms with Crippen molar-refractivity contribution in [3.63, 3.8) is 0 Å². The molecular weight excluding hydrogens is 328 g/mol. The summed E-state index contributed by atoms with van der Waals surface area (Å²) in [6.07, 6.45) is 5.64. The number of rotatable bonds is 4. The molecule has 3 aromatic rings. The van der Waals surface area contributed by atoms with Crippen LogP contribution in [0.2, 0.25) is 0 Å². The number of nitrogens with zero attached hydrogens (tertiary/aromatic N) is 4. The minimum atomic E-state index is -0.595. The van der Waals surface area contributed by atoms with Crippen LogP contribution in [-0.4, -0.2) is 27.9 Å². The molecule has 3 rings (SSSR count). The summed E-state index contributed by atoms with van der Waals surface area (Å²) >= 11 is 0. The number of hydrogen-bond acceptors (Lipinski definition) is 5. The van der Waals surface area contributed by atoms with E-state index in [1.54, 1.807) is 11.9 Å². The molecule has 1 aromatic carbocycles. The van der Waals surface area contributed by atoms with E-state index in [-0.39, 0.29) is 11.4 Å². The molecule has 8 heteroatoms. The van der Waals surface area contributed by atoms with Gasteiger partial charge in [-0.25, -0.2) is 18.7 Å². The van der Waals surface area contributed by atoms with Crippen molar-refractivity contribution >= 4 is 23.0 Å². The van der Waals surface area contributed by atoms with Gasteiger partial charge in [0.1, 0.15) is 23.7 Å². The molecule has 0 unspecified atom stereocenters. The van der Waals surface area contributed by atoms with Crippen molar-refractivity contribution in [2.24, 2.45) is 0 Å². The zero-order valence-electron chi connectivity index (χ0n) is 13.1. The fourth-order valence-electron chi connectivity index (χ4n) is 2.18. The lowest BCUT2D eigenvalue weighted by Crippen LogP contribution is -2.16. The maximum Gasteiger partial charge on any atom is 0.274 e. The van der Waals surface area contributed by atoms with Crippen LogP contribution in [-0.2, 0) is 0 Å². The Kier molecular flexibility index (Phi) is 4.60. The van der Waals surface area contributed by atoms with E-state index in [1.165, 1.54) is 43.1 Å². The third-order valence-electron chi connectivity index (χ3n) is 3.45. The molecule has 0 spiro atoms. The first-order valence-corrected chi connectivity index (χ1v) is 7.26. The van der Waals surface area contributed by atoms with E-state index >= 15 is 0 Å². The third-order valence-corrected chi connectivity index (χ3v) is 3.45. The van der Waals surface area contributed by atoms with E-state index in [1.807, 2.05) is 0 Å². The summed E-state index contributed by atoms with van der Waals surface area (Å²) in [4.78, 5) is 25.3. The Morgan fingerprint density at radius 3 is 2.60 bits per heavy atom. The molecule has 0 radical (unpaired) electrons. The molecule has 1 N–H and O–H groups in total. The standard InChI is InChI=1S/C17H13F2N5O/c1-24(13-8-20-10-21-9-13)16-7-12(2-3-14(16)19)23-17(25)15-6-11(18)4-5-22-15/h2-10H,1H3,(H,23,25). The monoisotopic (exact) mass is 341 g/mol. The summed E-state index contributed by atoms with van der Waals surface area (Å²) < 4.78 is 27.4. The van der Waals surface area contributed by atoms with Gasteiger partial charge in [-0.2, -0.15) is 0 Å². The predicted molar refractivity (Wildman–Crippen MR) is 88.6 cm³/mol. The Morgan fingerprint density at radius 1 is 1.12 bits per heavy atom. The average molecular weight is 341 g/mol. The number of anilines is 3. The molecule has 0 saturated carbocycles. The second-order valence-electron chi connectivity index (χ2n) is 5.14. The average Bonchev–Trinajstić information content (AvgIpc) is 2.63. The van der Waals surface area contributed by atoms with Crippen molar-refractivity contribution in [2.45, 2.75) is 0 Å². The summed E-state index contributed by atoms with van der Waals surface area (Å²) in [6, 6.07) is 6.26. The number of aromatic nitrogens is 3. The number of hydrogen-bond donors (Lipinski definition) is 1. The maximum atomic E-state index is 14.2. The van der Waals surface area contributed by atoms with E-state index in [2.05, 4.69) is 20.3 Å². The minimum absolute atomic E-state index is 0.0734. The van der Waals surface area contributed by atoms with Crippen LogP contribution in [0.25, 0.3) is 0 Å². The van der Waals surface area contributed by atoms with E-state index < -0.39 is 17.5 Å². The van der Waals surface area contributed by atoms with Gasteiger partial charge < -0.3 is 10.2 Å². The zero-order valence-corrected chi connectivity index (χ0v) is 13.1. The number of halogens is 2. The minimum Gasteiger partial charge on any atom is -0.340 e. The smallest absolute Gasteiger partial charge is 0.274 e. The summed E-state index contributed by atoms with van der Waals surface area (Å²) in [5, 5.41) is 2.57. The molecule has 6 nitrogen and oxygen atoms in total. The van der Waals surface area contributed by atoms with Crippen LogP contribution in [0.1, 0.15) is 10.5 Å². The van der Waals surface area contributed by atoms with Gasteiger partial charge in [0.15, 0.2) is 0 Å². The number of pyridine rings is 1. The van der Waals surface area contributed by atoms with Crippen LogP contribution in [0.3, 0.4) is 0 Å². The lowest BCUT2D eigenvalue weighted by molar-refractivity contribution is 0.102. The van der Waals surface area contributed by atoms with Crippen molar-refractivity contribution in [2.75, 3.05) is 17.3 Å². The second-order valence-corrected chi connectivity index (χ2v) is 5.14. The summed E-state index contributed by atoms with van der Waals surface area (Å²) in [5.74, 6) is -1.64. The quantitative estimate of drug-likeness (QED) is 0.789. The van der Waals surface area contributed by atoms with Gasteiger partial charge >= 0.3 is 0 Å². The Morgan fingerprint density at radius 2 is 1.88 bits per heavy atom. The fraction of sp³-hybridized carbons (Fsp3) is 0.0588. The fourth-order valence-corrected chi connectivity index (χ4v) is 2.18. The molecule has 0 aliphatic heterocycles. The first-order chi connectivity index (χ1) is 12.0. The SMILES string of the molecule is CN(c1cncnc1)c1cc(NC(=O)c2cc(F)ccn2)ccc1F. The molecule has 2 heterocycles. The van der Waals surface area contributed by atoms with E-state index in [9.17, 15) is 13.6 Å². The van der Waals surface area contributed by atoms with Crippen molar-refractivity contribution in [1.82, 2.24) is 15.0 Å². The van der Waals surface area contributed by atoms with Gasteiger partial charge in [0.05, 0.1) is 23.8 Å². The molecule has 25 heavy (non-hydrogen) atoms. The number of amides is 1. The van der Waals surface area contributed by atoms with Gasteiger partial charge in [0.25, 0.3) is 5.91 Å². The molecule has 0 aliphatic carbocycles. The highest BCUT2D eigenvalue weighted by atomic mass is 19.1. The highest BCUT2D eigenvalue weighted by Crippen LogP contribution is 2.28. The van der Waals surface area contributed by atoms with Crippen molar-refractivity contribution < 1.29 is 13.6 Å². The molecule has 2 aromatic heterocycles. The van der Waals surface area contributed by atoms with Crippen LogP contribution in [0.4, 0.5) is 25.8 Å². The highest BCUT2D eigenvalue weighted by molar-refractivity contribution is 6.03. The Balaban J connectivity index is 1.85. The van der Waals surface area contributed by atoms with Crippen LogP contribution in [0, 0.1) is 11.6 Å². The first-order valence-electron chi connectivity index (χ1n) is 7.26. The van der Waals surface area contributed by atoms with Gasteiger partial charge in [-0.3, -0.25) is 9.78 Å². The number of carbonyl (C=O) groups is 1. The second kappa shape index (κ2) is 7.00. The van der Waals surface area contributed by atoms with Gasteiger partial charge in [-0.05, 0) is 24.3 Å². The molecule has 0 fully saturated rings. The highest BCUT2D eigenvalue weighted by Gasteiger charge is 2.14. The van der Waals surface area contributed by atoms with E-state index in [0.29, 0.717) is 11.4 Å². The van der Waals surface area contributed by atoms with Gasteiger partial charge in [-0.1, -0.05) is 0 Å². The third kappa shape index (κ3) is 3.74. The Bertz CT molecular complexity index is 905. The van der Waals surface area contributed by atoms with Gasteiger partial charge in [0.2, 0.25) is 0 Å². The van der Waals surface area contributed by atoms with Crippen molar-refractivity contribution in [3.05, 3.63) is 72.6 Å². The van der Waals surface area contributed by atoms with Crippen LogP contribution in [0.15, 0.2) is 55.2 Å². The first kappa shape index (κ1) is 16.4. The molecule has 1 amide bonds. The van der Waals surface area contributed by atoms with Crippen LogP contribution >= 0.6 is 0 Å². The van der Waals surface area contributed by atoms with Crippen molar-refractivity contribution in [1.29, 1.82) is 0 Å². The molecular formula is C17H13F2N5O. The van der Waals surface area contributed by atoms with Crippen LogP contribution in [0.5, 0.6) is 0 Å². The summed E-state index contributed by atoms with van der Waals surface area (Å²) in [7, 11) is 1.65. The Hall–Kier alpha value is -3.42. The van der Waals surface area contributed by atoms with E-state index in [0.717, 1.165) is 12.1 Å². The van der Waals surface area contributed by atoms with Crippen LogP contribution < -0.4 is 10.2 Å². The number of carbonyl (C=O) groups excluding carboxylic acids is 1.